The fraction of sp³-hybridized carbons (Fsp3) is 0.400. The molecule has 76 valence electrons. The zero-order valence-corrected chi connectivity index (χ0v) is 8.19. The zero-order chi connectivity index (χ0) is 10.6. The normalized spacial score (nSPS) is 10.1. The van der Waals surface area contributed by atoms with Crippen LogP contribution in [0.15, 0.2) is 18.2 Å². The molecule has 4 heteroatoms. The zero-order valence-electron chi connectivity index (χ0n) is 8.19. The van der Waals surface area contributed by atoms with Crippen LogP contribution in [0.25, 0.3) is 0 Å². The Morgan fingerprint density at radius 2 is 2.21 bits per heavy atom. The van der Waals surface area contributed by atoms with Gasteiger partial charge in [0.2, 0.25) is 0 Å². The first kappa shape index (κ1) is 10.7. The van der Waals surface area contributed by atoms with Gasteiger partial charge < -0.3 is 5.73 Å². The highest BCUT2D eigenvalue weighted by Gasteiger charge is 2.13. The van der Waals surface area contributed by atoms with Crippen LogP contribution in [-0.2, 0) is 6.42 Å². The molecule has 0 amide bonds. The number of aryl methyl sites for hydroxylation is 1. The molecule has 0 heterocycles. The van der Waals surface area contributed by atoms with E-state index in [1.165, 1.54) is 0 Å². The molecular formula is C10H14N2O2. The van der Waals surface area contributed by atoms with Crippen molar-refractivity contribution in [3.8, 4) is 0 Å². The maximum absolute atomic E-state index is 10.7. The Bertz CT molecular complexity index is 337. The summed E-state index contributed by atoms with van der Waals surface area (Å²) in [6.45, 7) is 2.45. The van der Waals surface area contributed by atoms with Gasteiger partial charge in [-0.25, -0.2) is 0 Å². The Balaban J connectivity index is 3.02. The van der Waals surface area contributed by atoms with Crippen molar-refractivity contribution in [1.82, 2.24) is 0 Å². The molecular weight excluding hydrogens is 180 g/mol. The summed E-state index contributed by atoms with van der Waals surface area (Å²) >= 11 is 0. The van der Waals surface area contributed by atoms with Crippen molar-refractivity contribution >= 4 is 5.69 Å². The molecule has 1 rings (SSSR count). The lowest BCUT2D eigenvalue weighted by molar-refractivity contribution is -0.385. The standard InChI is InChI=1S/C10H14N2O2/c1-8-4-2-6-10(12(13)14)9(8)5-3-7-11/h2,4,6H,3,5,7,11H2,1H3. The monoisotopic (exact) mass is 194 g/mol. The molecule has 14 heavy (non-hydrogen) atoms. The lowest BCUT2D eigenvalue weighted by Gasteiger charge is -2.05. The number of nitrogens with zero attached hydrogens (tertiary/aromatic N) is 1. The second-order valence-corrected chi connectivity index (χ2v) is 3.22. The molecule has 0 saturated carbocycles. The molecule has 0 saturated heterocycles. The van der Waals surface area contributed by atoms with E-state index in [4.69, 9.17) is 5.73 Å². The number of nitro groups is 1. The van der Waals surface area contributed by atoms with Gasteiger partial charge in [0.05, 0.1) is 4.92 Å². The smallest absolute Gasteiger partial charge is 0.272 e. The SMILES string of the molecule is Cc1cccc([N+](=O)[O-])c1CCCN. The molecule has 1 aromatic carbocycles. The van der Waals surface area contributed by atoms with Crippen molar-refractivity contribution in [1.29, 1.82) is 0 Å². The molecule has 4 nitrogen and oxygen atoms in total. The first-order valence-corrected chi connectivity index (χ1v) is 4.59. The summed E-state index contributed by atoms with van der Waals surface area (Å²) in [5.74, 6) is 0. The van der Waals surface area contributed by atoms with Gasteiger partial charge in [-0.2, -0.15) is 0 Å². The largest absolute Gasteiger partial charge is 0.330 e. The summed E-state index contributed by atoms with van der Waals surface area (Å²) in [6, 6.07) is 5.14. The van der Waals surface area contributed by atoms with Gasteiger partial charge in [0.25, 0.3) is 5.69 Å². The third kappa shape index (κ3) is 2.29. The number of hydrogen-bond donors (Lipinski definition) is 1. The second-order valence-electron chi connectivity index (χ2n) is 3.22. The van der Waals surface area contributed by atoms with E-state index >= 15 is 0 Å². The number of benzene rings is 1. The van der Waals surface area contributed by atoms with E-state index in [1.54, 1.807) is 12.1 Å². The third-order valence-electron chi connectivity index (χ3n) is 2.21. The minimum Gasteiger partial charge on any atom is -0.330 e. The van der Waals surface area contributed by atoms with Crippen LogP contribution in [0.3, 0.4) is 0 Å². The van der Waals surface area contributed by atoms with E-state index in [0.717, 1.165) is 17.5 Å². The predicted molar refractivity (Wildman–Crippen MR) is 55.2 cm³/mol. The van der Waals surface area contributed by atoms with Crippen LogP contribution in [0.4, 0.5) is 5.69 Å². The maximum Gasteiger partial charge on any atom is 0.272 e. The highest BCUT2D eigenvalue weighted by molar-refractivity contribution is 5.45. The third-order valence-corrected chi connectivity index (χ3v) is 2.21. The molecule has 0 aliphatic carbocycles. The fourth-order valence-corrected chi connectivity index (χ4v) is 1.46. The number of rotatable bonds is 4. The van der Waals surface area contributed by atoms with Gasteiger partial charge in [0.15, 0.2) is 0 Å². The van der Waals surface area contributed by atoms with Crippen molar-refractivity contribution in [2.75, 3.05) is 6.54 Å². The van der Waals surface area contributed by atoms with Crippen LogP contribution in [0, 0.1) is 17.0 Å². The summed E-state index contributed by atoms with van der Waals surface area (Å²) < 4.78 is 0. The van der Waals surface area contributed by atoms with Crippen LogP contribution < -0.4 is 5.73 Å². The van der Waals surface area contributed by atoms with Crippen molar-refractivity contribution in [3.05, 3.63) is 39.4 Å². The molecule has 0 spiro atoms. The minimum absolute atomic E-state index is 0.207. The van der Waals surface area contributed by atoms with Crippen molar-refractivity contribution in [2.45, 2.75) is 19.8 Å². The number of hydrogen-bond acceptors (Lipinski definition) is 3. The highest BCUT2D eigenvalue weighted by atomic mass is 16.6. The Kier molecular flexibility index (Phi) is 3.59. The van der Waals surface area contributed by atoms with Crippen LogP contribution in [0.1, 0.15) is 17.5 Å². The Hall–Kier alpha value is -1.42. The van der Waals surface area contributed by atoms with Crippen LogP contribution in [-0.4, -0.2) is 11.5 Å². The lowest BCUT2D eigenvalue weighted by Crippen LogP contribution is -2.03. The van der Waals surface area contributed by atoms with Gasteiger partial charge >= 0.3 is 0 Å². The molecule has 0 unspecified atom stereocenters. The van der Waals surface area contributed by atoms with Gasteiger partial charge in [-0.1, -0.05) is 12.1 Å². The Morgan fingerprint density at radius 3 is 2.79 bits per heavy atom. The van der Waals surface area contributed by atoms with E-state index in [0.29, 0.717) is 13.0 Å². The second kappa shape index (κ2) is 4.72. The quantitative estimate of drug-likeness (QED) is 0.586. The van der Waals surface area contributed by atoms with Crippen molar-refractivity contribution < 1.29 is 4.92 Å². The van der Waals surface area contributed by atoms with Crippen molar-refractivity contribution in [3.63, 3.8) is 0 Å². The topological polar surface area (TPSA) is 69.2 Å². The number of nitro benzene ring substituents is 1. The van der Waals surface area contributed by atoms with E-state index < -0.39 is 0 Å². The van der Waals surface area contributed by atoms with E-state index in [9.17, 15) is 10.1 Å². The average Bonchev–Trinajstić information content (AvgIpc) is 2.15. The fourth-order valence-electron chi connectivity index (χ4n) is 1.46. The average molecular weight is 194 g/mol. The molecule has 2 N–H and O–H groups in total. The summed E-state index contributed by atoms with van der Waals surface area (Å²) in [7, 11) is 0. The van der Waals surface area contributed by atoms with Crippen LogP contribution in [0.5, 0.6) is 0 Å². The van der Waals surface area contributed by atoms with Gasteiger partial charge in [0.1, 0.15) is 0 Å². The Morgan fingerprint density at radius 1 is 1.50 bits per heavy atom. The first-order chi connectivity index (χ1) is 6.66. The summed E-state index contributed by atoms with van der Waals surface area (Å²) in [5.41, 5.74) is 7.36. The summed E-state index contributed by atoms with van der Waals surface area (Å²) in [6.07, 6.45) is 1.46. The summed E-state index contributed by atoms with van der Waals surface area (Å²) in [5, 5.41) is 10.7. The van der Waals surface area contributed by atoms with Gasteiger partial charge in [-0.15, -0.1) is 0 Å². The Labute approximate surface area is 82.9 Å². The molecule has 0 aliphatic heterocycles. The van der Waals surface area contributed by atoms with Crippen LogP contribution >= 0.6 is 0 Å². The van der Waals surface area contributed by atoms with Crippen LogP contribution in [0.2, 0.25) is 0 Å². The predicted octanol–water partition coefficient (Wildman–Crippen LogP) is 1.79. The molecule has 0 aromatic heterocycles. The molecule has 0 aliphatic rings. The van der Waals surface area contributed by atoms with E-state index in [1.807, 2.05) is 13.0 Å². The molecule has 0 fully saturated rings. The van der Waals surface area contributed by atoms with Crippen molar-refractivity contribution in [2.24, 2.45) is 5.73 Å². The van der Waals surface area contributed by atoms with Gasteiger partial charge in [-0.3, -0.25) is 10.1 Å². The maximum atomic E-state index is 10.7. The van der Waals surface area contributed by atoms with E-state index in [2.05, 4.69) is 0 Å². The lowest BCUT2D eigenvalue weighted by atomic mass is 10.0. The first-order valence-electron chi connectivity index (χ1n) is 4.59. The molecule has 1 aromatic rings. The summed E-state index contributed by atoms with van der Waals surface area (Å²) in [4.78, 5) is 10.4. The number of nitrogens with two attached hydrogens (primary N) is 1. The highest BCUT2D eigenvalue weighted by Crippen LogP contribution is 2.22. The van der Waals surface area contributed by atoms with Gasteiger partial charge in [-0.05, 0) is 31.9 Å². The molecule has 0 bridgehead atoms. The van der Waals surface area contributed by atoms with Gasteiger partial charge in [0, 0.05) is 11.6 Å². The minimum atomic E-state index is -0.334. The van der Waals surface area contributed by atoms with E-state index in [-0.39, 0.29) is 10.6 Å². The molecule has 0 radical (unpaired) electrons. The molecule has 0 atom stereocenters.